The van der Waals surface area contributed by atoms with Gasteiger partial charge in [0.15, 0.2) is 5.76 Å². The Bertz CT molecular complexity index is 1000. The third kappa shape index (κ3) is 3.93. The minimum Gasteiger partial charge on any atom is -0.455 e. The number of benzene rings is 1. The average molecular weight is 366 g/mol. The Morgan fingerprint density at radius 3 is 2.81 bits per heavy atom. The molecule has 3 aromatic rings. The minimum atomic E-state index is -0.281. The molecule has 0 atom stereocenters. The number of likely N-dealkylation sites (tertiary alicyclic amines) is 1. The van der Waals surface area contributed by atoms with Crippen LogP contribution in [0, 0.1) is 0 Å². The van der Waals surface area contributed by atoms with Gasteiger partial charge in [-0.25, -0.2) is 4.68 Å². The van der Waals surface area contributed by atoms with Gasteiger partial charge in [0.25, 0.3) is 11.5 Å². The first-order chi connectivity index (χ1) is 13.2. The van der Waals surface area contributed by atoms with Crippen LogP contribution in [0.1, 0.15) is 29.2 Å². The molecule has 0 bridgehead atoms. The molecule has 27 heavy (non-hydrogen) atoms. The van der Waals surface area contributed by atoms with Gasteiger partial charge in [-0.2, -0.15) is 5.10 Å². The van der Waals surface area contributed by atoms with Crippen molar-refractivity contribution in [1.82, 2.24) is 20.0 Å². The lowest BCUT2D eigenvalue weighted by Gasteiger charge is -2.11. The molecular weight excluding hydrogens is 344 g/mol. The molecule has 4 rings (SSSR count). The fourth-order valence-corrected chi connectivity index (χ4v) is 3.40. The quantitative estimate of drug-likeness (QED) is 0.722. The molecule has 0 unspecified atom stereocenters. The Balaban J connectivity index is 1.34. The molecule has 1 aliphatic rings. The van der Waals surface area contributed by atoms with Crippen LogP contribution in [0.2, 0.25) is 0 Å². The number of carbonyl (C=O) groups is 1. The van der Waals surface area contributed by atoms with E-state index in [1.807, 2.05) is 24.3 Å². The SMILES string of the molecule is O=C(NCCn1ncc2ccccc2c1=O)c1ccc(CN2CCCC2)o1. The number of amides is 1. The van der Waals surface area contributed by atoms with E-state index in [1.165, 1.54) is 17.5 Å². The monoisotopic (exact) mass is 366 g/mol. The Kier molecular flexibility index (Phi) is 5.02. The molecule has 0 radical (unpaired) electrons. The van der Waals surface area contributed by atoms with Crippen molar-refractivity contribution >= 4 is 16.7 Å². The number of fused-ring (bicyclic) bond motifs is 1. The fourth-order valence-electron chi connectivity index (χ4n) is 3.40. The number of rotatable bonds is 6. The van der Waals surface area contributed by atoms with Crippen molar-refractivity contribution in [3.63, 3.8) is 0 Å². The molecular formula is C20H22N4O3. The summed E-state index contributed by atoms with van der Waals surface area (Å²) in [5.41, 5.74) is -0.159. The van der Waals surface area contributed by atoms with Crippen LogP contribution in [0.15, 0.2) is 51.8 Å². The molecule has 1 aliphatic heterocycles. The van der Waals surface area contributed by atoms with Crippen LogP contribution >= 0.6 is 0 Å². The summed E-state index contributed by atoms with van der Waals surface area (Å²) in [5, 5.41) is 8.38. The van der Waals surface area contributed by atoms with Gasteiger partial charge < -0.3 is 9.73 Å². The molecule has 3 heterocycles. The van der Waals surface area contributed by atoms with E-state index in [0.29, 0.717) is 24.2 Å². The van der Waals surface area contributed by atoms with E-state index >= 15 is 0 Å². The highest BCUT2D eigenvalue weighted by Crippen LogP contribution is 2.15. The summed E-state index contributed by atoms with van der Waals surface area (Å²) < 4.78 is 7.02. The standard InChI is InChI=1S/C20H22N4O3/c25-19(18-8-7-16(27-18)14-23-10-3-4-11-23)21-9-12-24-20(26)17-6-2-1-5-15(17)13-22-24/h1-2,5-8,13H,3-4,9-12,14H2,(H,21,25). The van der Waals surface area contributed by atoms with Crippen molar-refractivity contribution in [3.8, 4) is 0 Å². The zero-order chi connectivity index (χ0) is 18.6. The Labute approximate surface area is 156 Å². The lowest BCUT2D eigenvalue weighted by molar-refractivity contribution is 0.0920. The topological polar surface area (TPSA) is 80.4 Å². The van der Waals surface area contributed by atoms with E-state index in [1.54, 1.807) is 18.3 Å². The van der Waals surface area contributed by atoms with Crippen molar-refractivity contribution in [2.75, 3.05) is 19.6 Å². The molecule has 1 amide bonds. The average Bonchev–Trinajstić information content (AvgIpc) is 3.36. The van der Waals surface area contributed by atoms with Gasteiger partial charge in [0.2, 0.25) is 0 Å². The fraction of sp³-hybridized carbons (Fsp3) is 0.350. The van der Waals surface area contributed by atoms with Gasteiger partial charge in [0.1, 0.15) is 5.76 Å². The van der Waals surface area contributed by atoms with Crippen molar-refractivity contribution in [2.24, 2.45) is 0 Å². The third-order valence-corrected chi connectivity index (χ3v) is 4.83. The zero-order valence-electron chi connectivity index (χ0n) is 15.1. The van der Waals surface area contributed by atoms with Gasteiger partial charge in [0.05, 0.1) is 24.7 Å². The van der Waals surface area contributed by atoms with Crippen LogP contribution in [0.4, 0.5) is 0 Å². The van der Waals surface area contributed by atoms with Crippen LogP contribution in [-0.4, -0.2) is 40.2 Å². The van der Waals surface area contributed by atoms with Crippen molar-refractivity contribution in [3.05, 3.63) is 64.5 Å². The molecule has 1 fully saturated rings. The number of nitrogens with one attached hydrogen (secondary N) is 1. The van der Waals surface area contributed by atoms with Gasteiger partial charge >= 0.3 is 0 Å². The van der Waals surface area contributed by atoms with Crippen LogP contribution in [0.5, 0.6) is 0 Å². The second-order valence-corrected chi connectivity index (χ2v) is 6.77. The Hall–Kier alpha value is -2.93. The van der Waals surface area contributed by atoms with Gasteiger partial charge in [-0.15, -0.1) is 0 Å². The van der Waals surface area contributed by atoms with Crippen LogP contribution in [-0.2, 0) is 13.1 Å². The second-order valence-electron chi connectivity index (χ2n) is 6.77. The largest absolute Gasteiger partial charge is 0.455 e. The number of aromatic nitrogens is 2. The molecule has 1 aromatic carbocycles. The molecule has 1 saturated heterocycles. The molecule has 140 valence electrons. The smallest absolute Gasteiger partial charge is 0.287 e. The van der Waals surface area contributed by atoms with Gasteiger partial charge in [-0.3, -0.25) is 14.5 Å². The highest BCUT2D eigenvalue weighted by molar-refractivity contribution is 5.91. The summed E-state index contributed by atoms with van der Waals surface area (Å²) in [6, 6.07) is 10.9. The van der Waals surface area contributed by atoms with E-state index in [9.17, 15) is 9.59 Å². The predicted molar refractivity (Wildman–Crippen MR) is 102 cm³/mol. The number of nitrogens with zero attached hydrogens (tertiary/aromatic N) is 3. The summed E-state index contributed by atoms with van der Waals surface area (Å²) in [6.07, 6.45) is 4.10. The molecule has 1 N–H and O–H groups in total. The maximum atomic E-state index is 12.4. The second kappa shape index (κ2) is 7.75. The first-order valence-corrected chi connectivity index (χ1v) is 9.25. The van der Waals surface area contributed by atoms with Gasteiger partial charge in [0, 0.05) is 11.9 Å². The normalized spacial score (nSPS) is 14.7. The highest BCUT2D eigenvalue weighted by atomic mass is 16.4. The van der Waals surface area contributed by atoms with Gasteiger partial charge in [-0.05, 0) is 44.1 Å². The third-order valence-electron chi connectivity index (χ3n) is 4.83. The van der Waals surface area contributed by atoms with E-state index in [0.717, 1.165) is 30.8 Å². The minimum absolute atomic E-state index is 0.159. The lowest BCUT2D eigenvalue weighted by atomic mass is 10.2. The van der Waals surface area contributed by atoms with Crippen molar-refractivity contribution in [2.45, 2.75) is 25.9 Å². The Morgan fingerprint density at radius 1 is 1.15 bits per heavy atom. The van der Waals surface area contributed by atoms with Crippen molar-refractivity contribution in [1.29, 1.82) is 0 Å². The van der Waals surface area contributed by atoms with E-state index in [2.05, 4.69) is 15.3 Å². The van der Waals surface area contributed by atoms with E-state index in [-0.39, 0.29) is 11.5 Å². The molecule has 0 aliphatic carbocycles. The summed E-state index contributed by atoms with van der Waals surface area (Å²) in [5.74, 6) is 0.814. The number of hydrogen-bond acceptors (Lipinski definition) is 5. The molecule has 7 nitrogen and oxygen atoms in total. The van der Waals surface area contributed by atoms with E-state index < -0.39 is 0 Å². The summed E-state index contributed by atoms with van der Waals surface area (Å²) in [4.78, 5) is 27.0. The number of carbonyl (C=O) groups excluding carboxylic acids is 1. The summed E-state index contributed by atoms with van der Waals surface area (Å²) in [6.45, 7) is 3.50. The molecule has 2 aromatic heterocycles. The highest BCUT2D eigenvalue weighted by Gasteiger charge is 2.16. The molecule has 0 saturated carbocycles. The first kappa shape index (κ1) is 17.5. The van der Waals surface area contributed by atoms with Crippen LogP contribution in [0.3, 0.4) is 0 Å². The number of furan rings is 1. The van der Waals surface area contributed by atoms with Crippen LogP contribution in [0.25, 0.3) is 10.8 Å². The van der Waals surface area contributed by atoms with Gasteiger partial charge in [-0.1, -0.05) is 18.2 Å². The van der Waals surface area contributed by atoms with Crippen molar-refractivity contribution < 1.29 is 9.21 Å². The molecule has 0 spiro atoms. The molecule has 7 heteroatoms. The summed E-state index contributed by atoms with van der Waals surface area (Å²) in [7, 11) is 0. The summed E-state index contributed by atoms with van der Waals surface area (Å²) >= 11 is 0. The first-order valence-electron chi connectivity index (χ1n) is 9.25. The Morgan fingerprint density at radius 2 is 1.96 bits per heavy atom. The lowest BCUT2D eigenvalue weighted by Crippen LogP contribution is -2.31. The zero-order valence-corrected chi connectivity index (χ0v) is 15.1. The predicted octanol–water partition coefficient (Wildman–Crippen LogP) is 2.02. The van der Waals surface area contributed by atoms with E-state index in [4.69, 9.17) is 4.42 Å². The number of hydrogen-bond donors (Lipinski definition) is 1. The van der Waals surface area contributed by atoms with Crippen LogP contribution < -0.4 is 10.9 Å². The maximum absolute atomic E-state index is 12.4. The maximum Gasteiger partial charge on any atom is 0.287 e.